The van der Waals surface area contributed by atoms with Crippen molar-refractivity contribution in [3.63, 3.8) is 0 Å². The van der Waals surface area contributed by atoms with Gasteiger partial charge >= 0.3 is 5.97 Å². The lowest BCUT2D eigenvalue weighted by atomic mass is 10.2. The van der Waals surface area contributed by atoms with Crippen molar-refractivity contribution in [2.45, 2.75) is 17.7 Å². The molecule has 0 atom stereocenters. The summed E-state index contributed by atoms with van der Waals surface area (Å²) < 4.78 is 18.0. The van der Waals surface area contributed by atoms with Crippen molar-refractivity contribution in [2.24, 2.45) is 0 Å². The van der Waals surface area contributed by atoms with Crippen molar-refractivity contribution >= 4 is 41.1 Å². The number of carbonyl (C=O) groups is 4. The number of hydrogen-bond donors (Lipinski definition) is 1. The summed E-state index contributed by atoms with van der Waals surface area (Å²) in [7, 11) is 0. The summed E-state index contributed by atoms with van der Waals surface area (Å²) in [5, 5.41) is 2.64. The van der Waals surface area contributed by atoms with E-state index < -0.39 is 24.3 Å². The lowest BCUT2D eigenvalue weighted by molar-refractivity contribution is -0.143. The zero-order valence-corrected chi connectivity index (χ0v) is 16.7. The number of thioether (sulfide) groups is 1. The van der Waals surface area contributed by atoms with E-state index in [1.165, 1.54) is 30.3 Å². The van der Waals surface area contributed by atoms with Crippen molar-refractivity contribution in [2.75, 3.05) is 24.2 Å². The highest BCUT2D eigenvalue weighted by atomic mass is 32.2. The quantitative estimate of drug-likeness (QED) is 0.536. The monoisotopic (exact) mass is 430 g/mol. The van der Waals surface area contributed by atoms with Gasteiger partial charge in [0.05, 0.1) is 11.3 Å². The highest BCUT2D eigenvalue weighted by Crippen LogP contribution is 2.24. The second-order valence-corrected chi connectivity index (χ2v) is 7.48. The maximum absolute atomic E-state index is 12.9. The van der Waals surface area contributed by atoms with Crippen LogP contribution in [0, 0.1) is 5.82 Å². The van der Waals surface area contributed by atoms with Gasteiger partial charge in [-0.3, -0.25) is 19.3 Å². The first-order valence-electron chi connectivity index (χ1n) is 9.21. The van der Waals surface area contributed by atoms with E-state index in [2.05, 4.69) is 5.32 Å². The number of amides is 3. The first-order valence-corrected chi connectivity index (χ1v) is 10.2. The highest BCUT2D eigenvalue weighted by molar-refractivity contribution is 8.00. The molecule has 2 aromatic rings. The molecule has 0 unspecified atom stereocenters. The van der Waals surface area contributed by atoms with Gasteiger partial charge in [-0.05, 0) is 42.8 Å². The summed E-state index contributed by atoms with van der Waals surface area (Å²) in [4.78, 5) is 49.8. The third-order valence-corrected chi connectivity index (χ3v) is 5.37. The molecule has 0 aliphatic carbocycles. The Morgan fingerprint density at radius 3 is 2.53 bits per heavy atom. The smallest absolute Gasteiger partial charge is 0.339 e. The number of likely N-dealkylation sites (tertiary alicyclic amines) is 1. The van der Waals surface area contributed by atoms with Crippen LogP contribution in [0.4, 0.5) is 10.1 Å². The third-order valence-electron chi connectivity index (χ3n) is 4.29. The molecule has 1 aliphatic rings. The summed E-state index contributed by atoms with van der Waals surface area (Å²) in [6, 6.07) is 11.9. The molecule has 9 heteroatoms. The van der Waals surface area contributed by atoms with Gasteiger partial charge in [-0.25, -0.2) is 9.18 Å². The van der Waals surface area contributed by atoms with Gasteiger partial charge in [-0.15, -0.1) is 11.8 Å². The van der Waals surface area contributed by atoms with Crippen molar-refractivity contribution in [1.29, 1.82) is 0 Å². The molecule has 0 bridgehead atoms. The summed E-state index contributed by atoms with van der Waals surface area (Å²) >= 11 is 1.13. The van der Waals surface area contributed by atoms with Gasteiger partial charge in [0.1, 0.15) is 5.82 Å². The number of carbonyl (C=O) groups excluding carboxylic acids is 4. The fourth-order valence-electron chi connectivity index (χ4n) is 2.83. The van der Waals surface area contributed by atoms with Crippen molar-refractivity contribution in [3.05, 3.63) is 59.9 Å². The molecular formula is C21H19FN2O5S. The average molecular weight is 430 g/mol. The van der Waals surface area contributed by atoms with Crippen LogP contribution < -0.4 is 5.32 Å². The standard InChI is InChI=1S/C21H19FN2O5S/c22-14-7-9-15(10-8-14)23-18(25)13-30-17-5-2-1-4-16(17)21(28)29-12-20(27)24-11-3-6-19(24)26/h1-2,4-5,7-10H,3,6,11-13H2,(H,23,25). The Kier molecular flexibility index (Phi) is 7.18. The Morgan fingerprint density at radius 1 is 1.10 bits per heavy atom. The lowest BCUT2D eigenvalue weighted by Gasteiger charge is -2.14. The summed E-state index contributed by atoms with van der Waals surface area (Å²) in [5.74, 6) is -2.23. The SMILES string of the molecule is O=C(CSc1ccccc1C(=O)OCC(=O)N1CCCC1=O)Nc1ccc(F)cc1. The highest BCUT2D eigenvalue weighted by Gasteiger charge is 2.27. The molecule has 1 aliphatic heterocycles. The second-order valence-electron chi connectivity index (χ2n) is 6.46. The molecule has 3 amide bonds. The van der Waals surface area contributed by atoms with E-state index in [0.29, 0.717) is 30.0 Å². The van der Waals surface area contributed by atoms with Crippen LogP contribution in [-0.4, -0.2) is 47.5 Å². The number of hydrogen-bond acceptors (Lipinski definition) is 6. The number of benzene rings is 2. The van der Waals surface area contributed by atoms with Crippen molar-refractivity contribution in [1.82, 2.24) is 4.90 Å². The van der Waals surface area contributed by atoms with Gasteiger partial charge in [-0.2, -0.15) is 0 Å². The number of halogens is 1. The van der Waals surface area contributed by atoms with Crippen LogP contribution in [0.5, 0.6) is 0 Å². The molecule has 1 heterocycles. The molecular weight excluding hydrogens is 411 g/mol. The van der Waals surface area contributed by atoms with Crippen LogP contribution in [0.25, 0.3) is 0 Å². The summed E-state index contributed by atoms with van der Waals surface area (Å²) in [5.41, 5.74) is 0.683. The van der Waals surface area contributed by atoms with Gasteiger partial charge in [0.25, 0.3) is 5.91 Å². The van der Waals surface area contributed by atoms with E-state index in [9.17, 15) is 23.6 Å². The Balaban J connectivity index is 1.54. The average Bonchev–Trinajstić information content (AvgIpc) is 3.18. The molecule has 30 heavy (non-hydrogen) atoms. The Bertz CT molecular complexity index is 964. The number of esters is 1. The van der Waals surface area contributed by atoms with E-state index in [4.69, 9.17) is 4.74 Å². The van der Waals surface area contributed by atoms with E-state index in [1.54, 1.807) is 18.2 Å². The van der Waals surface area contributed by atoms with Gasteiger partial charge in [0, 0.05) is 23.5 Å². The van der Waals surface area contributed by atoms with Gasteiger partial charge in [0.2, 0.25) is 11.8 Å². The normalized spacial score (nSPS) is 13.2. The fourth-order valence-corrected chi connectivity index (χ4v) is 3.67. The summed E-state index contributed by atoms with van der Waals surface area (Å²) in [6.45, 7) is -0.181. The predicted octanol–water partition coefficient (Wildman–Crippen LogP) is 2.86. The largest absolute Gasteiger partial charge is 0.452 e. The van der Waals surface area contributed by atoms with Crippen LogP contribution in [0.2, 0.25) is 0 Å². The second kappa shape index (κ2) is 10.0. The molecule has 1 saturated heterocycles. The first kappa shape index (κ1) is 21.5. The van der Waals surface area contributed by atoms with Crippen LogP contribution in [0.15, 0.2) is 53.4 Å². The Hall–Kier alpha value is -3.20. The zero-order chi connectivity index (χ0) is 21.5. The fraction of sp³-hybridized carbons (Fsp3) is 0.238. The zero-order valence-electron chi connectivity index (χ0n) is 15.9. The van der Waals surface area contributed by atoms with Crippen LogP contribution in [-0.2, 0) is 19.1 Å². The van der Waals surface area contributed by atoms with Crippen molar-refractivity contribution < 1.29 is 28.3 Å². The number of ether oxygens (including phenoxy) is 1. The number of imide groups is 1. The third kappa shape index (κ3) is 5.66. The van der Waals surface area contributed by atoms with Crippen LogP contribution >= 0.6 is 11.8 Å². The number of nitrogens with zero attached hydrogens (tertiary/aromatic N) is 1. The Labute approximate surface area is 176 Å². The molecule has 0 aromatic heterocycles. The van der Waals surface area contributed by atoms with Gasteiger partial charge in [0.15, 0.2) is 6.61 Å². The number of nitrogens with one attached hydrogen (secondary N) is 1. The molecule has 3 rings (SSSR count). The molecule has 156 valence electrons. The number of anilines is 1. The molecule has 0 radical (unpaired) electrons. The minimum Gasteiger partial charge on any atom is -0.452 e. The molecule has 0 spiro atoms. The van der Waals surface area contributed by atoms with Gasteiger partial charge in [-0.1, -0.05) is 12.1 Å². The molecule has 7 nitrogen and oxygen atoms in total. The molecule has 2 aromatic carbocycles. The van der Waals surface area contributed by atoms with Crippen LogP contribution in [0.1, 0.15) is 23.2 Å². The first-order chi connectivity index (χ1) is 14.4. The topological polar surface area (TPSA) is 92.8 Å². The van der Waals surface area contributed by atoms with Crippen molar-refractivity contribution in [3.8, 4) is 0 Å². The summed E-state index contributed by atoms with van der Waals surface area (Å²) in [6.07, 6.45) is 0.928. The van der Waals surface area contributed by atoms with E-state index in [0.717, 1.165) is 16.7 Å². The lowest BCUT2D eigenvalue weighted by Crippen LogP contribution is -2.35. The minimum absolute atomic E-state index is 0.0167. The van der Waals surface area contributed by atoms with E-state index >= 15 is 0 Å². The molecule has 1 fully saturated rings. The van der Waals surface area contributed by atoms with Gasteiger partial charge < -0.3 is 10.1 Å². The molecule has 0 saturated carbocycles. The number of rotatable bonds is 7. The maximum Gasteiger partial charge on any atom is 0.339 e. The van der Waals surface area contributed by atoms with Crippen LogP contribution in [0.3, 0.4) is 0 Å². The Morgan fingerprint density at radius 2 is 1.83 bits per heavy atom. The molecule has 1 N–H and O–H groups in total. The maximum atomic E-state index is 12.9. The minimum atomic E-state index is -0.711. The van der Waals surface area contributed by atoms with E-state index in [-0.39, 0.29) is 23.1 Å². The van der Waals surface area contributed by atoms with E-state index in [1.807, 2.05) is 0 Å². The predicted molar refractivity (Wildman–Crippen MR) is 108 cm³/mol.